The molecule has 0 radical (unpaired) electrons. The van der Waals surface area contributed by atoms with Crippen LogP contribution in [-0.2, 0) is 56.9 Å². The van der Waals surface area contributed by atoms with E-state index >= 15 is 0 Å². The summed E-state index contributed by atoms with van der Waals surface area (Å²) in [5.41, 5.74) is -3.17. The summed E-state index contributed by atoms with van der Waals surface area (Å²) in [6.07, 6.45) is -34.8. The van der Waals surface area contributed by atoms with Crippen LogP contribution < -0.4 is 0 Å². The molecule has 11 rings (SSSR count). The van der Waals surface area contributed by atoms with Crippen LogP contribution in [0, 0.1) is 50.2 Å². The fourth-order valence-corrected chi connectivity index (χ4v) is 18.9. The van der Waals surface area contributed by atoms with Gasteiger partial charge in [0.15, 0.2) is 31.5 Å². The maximum absolute atomic E-state index is 12.7. The predicted octanol–water partition coefficient (Wildman–Crippen LogP) is -4.07. The van der Waals surface area contributed by atoms with E-state index in [4.69, 9.17) is 52.1 Å². The zero-order valence-electron chi connectivity index (χ0n) is 49.2. The summed E-state index contributed by atoms with van der Waals surface area (Å²) in [5.74, 6) is 0.180. The Morgan fingerprint density at radius 2 is 1.04 bits per heavy atom. The average molecular weight is 1220 g/mol. The molecule has 2 bridgehead atoms. The maximum atomic E-state index is 12.7. The molecule has 15 N–H and O–H groups in total. The van der Waals surface area contributed by atoms with Crippen LogP contribution in [0.3, 0.4) is 0 Å². The standard InChI is InChI=1S/C58H94O27/c1-52(2)29-7-11-55(5)30(8-12-58-31-15-53(3,22-62)13-14-57(31,23-77-58)32(64)16-56(55,58)6)54(29,4)10-9-33(52)82-50-46(85-51-45(40(71)37(68)27(19-61)80-51)84-47-41(72)34(65)24(63)20-75-47)44(83-49-43(74)39(70)36(67)26(18-60)79-49)28(21-76-50)81-48-42(73)38(69)35(66)25(17-59)78-48/h22,24-51,59-61,63-74H,7-21,23H2,1-6H3. The van der Waals surface area contributed by atoms with Crippen LogP contribution in [0.25, 0.3) is 0 Å². The lowest BCUT2D eigenvalue weighted by Crippen LogP contribution is -2.74. The van der Waals surface area contributed by atoms with Crippen LogP contribution in [0.4, 0.5) is 0 Å². The Balaban J connectivity index is 0.939. The monoisotopic (exact) mass is 1220 g/mol. The lowest BCUT2D eigenvalue weighted by atomic mass is 9.30. The number of carbonyl (C=O) groups excluding carboxylic acids is 1. The summed E-state index contributed by atoms with van der Waals surface area (Å²) in [7, 11) is 0. The number of hydrogen-bond acceptors (Lipinski definition) is 27. The highest BCUT2D eigenvalue weighted by Crippen LogP contribution is 2.80. The van der Waals surface area contributed by atoms with Gasteiger partial charge in [0.2, 0.25) is 0 Å². The number of aliphatic hydroxyl groups is 15. The topological polar surface area (TPSA) is 422 Å². The highest BCUT2D eigenvalue weighted by Gasteiger charge is 2.80. The summed E-state index contributed by atoms with van der Waals surface area (Å²) in [6, 6.07) is 0. The highest BCUT2D eigenvalue weighted by atomic mass is 16.8. The Bertz CT molecular complexity index is 2340. The lowest BCUT2D eigenvalue weighted by Gasteiger charge is -2.75. The number of hydrogen-bond donors (Lipinski definition) is 15. The van der Waals surface area contributed by atoms with Gasteiger partial charge in [-0.3, -0.25) is 0 Å². The number of fused-ring (bicyclic) bond motifs is 4. The van der Waals surface area contributed by atoms with Crippen LogP contribution >= 0.6 is 0 Å². The van der Waals surface area contributed by atoms with Gasteiger partial charge < -0.3 is 133 Å². The minimum atomic E-state index is -2.05. The van der Waals surface area contributed by atoms with Gasteiger partial charge in [-0.05, 0) is 98.2 Å². The molecule has 85 heavy (non-hydrogen) atoms. The van der Waals surface area contributed by atoms with Gasteiger partial charge in [0.05, 0.1) is 57.5 Å². The number of aliphatic hydroxyl groups excluding tert-OH is 15. The first-order chi connectivity index (χ1) is 40.0. The van der Waals surface area contributed by atoms with Crippen LogP contribution in [0.1, 0.15) is 106 Å². The summed E-state index contributed by atoms with van der Waals surface area (Å²) in [5, 5.41) is 165. The van der Waals surface area contributed by atoms with Crippen LogP contribution in [-0.4, -0.2) is 282 Å². The fourth-order valence-electron chi connectivity index (χ4n) is 18.9. The third-order valence-corrected chi connectivity index (χ3v) is 24.1. The molecule has 27 nitrogen and oxygen atoms in total. The molecule has 6 heterocycles. The van der Waals surface area contributed by atoms with E-state index in [2.05, 4.69) is 34.6 Å². The second-order valence-corrected chi connectivity index (χ2v) is 28.6. The second kappa shape index (κ2) is 23.6. The first-order valence-electron chi connectivity index (χ1n) is 30.6. The van der Waals surface area contributed by atoms with Crippen molar-refractivity contribution in [2.45, 2.75) is 265 Å². The van der Waals surface area contributed by atoms with E-state index < -0.39 is 214 Å². The Morgan fingerprint density at radius 3 is 1.66 bits per heavy atom. The summed E-state index contributed by atoms with van der Waals surface area (Å²) in [4.78, 5) is 12.7. The zero-order valence-corrected chi connectivity index (χ0v) is 49.2. The van der Waals surface area contributed by atoms with Gasteiger partial charge >= 0.3 is 0 Å². The Labute approximate surface area is 493 Å². The molecule has 0 amide bonds. The minimum Gasteiger partial charge on any atom is -0.394 e. The van der Waals surface area contributed by atoms with Crippen molar-refractivity contribution in [3.8, 4) is 0 Å². The molecule has 34 unspecified atom stereocenters. The summed E-state index contributed by atoms with van der Waals surface area (Å²) >= 11 is 0. The van der Waals surface area contributed by atoms with E-state index in [0.29, 0.717) is 38.7 Å². The molecule has 5 aliphatic carbocycles. The maximum Gasteiger partial charge on any atom is 0.187 e. The molecule has 0 aromatic heterocycles. The molecule has 5 saturated carbocycles. The molecule has 11 aliphatic rings. The number of aldehydes is 1. The van der Waals surface area contributed by atoms with Crippen molar-refractivity contribution in [2.75, 3.05) is 39.6 Å². The summed E-state index contributed by atoms with van der Waals surface area (Å²) < 4.78 is 70.0. The van der Waals surface area contributed by atoms with Crippen LogP contribution in [0.5, 0.6) is 0 Å². The SMILES string of the molecule is CC1(C=O)CCC23COC4(CCC5C6(C)CCC(OC7OCC(OC8OC(CO)C(O)C(O)C8O)C(OC8OC(CO)C(O)C(O)C8O)C7OC7OC(CO)C(O)C(O)C7OC7OCC(O)C(O)C7O)C(C)(C)C6CCC5(C)C4(C)CC2O)C3C1. The fraction of sp³-hybridized carbons (Fsp3) is 0.983. The molecule has 11 fully saturated rings. The molecular weight excluding hydrogens is 1130 g/mol. The molecule has 34 atom stereocenters. The molecule has 1 spiro atoms. The predicted molar refractivity (Wildman–Crippen MR) is 283 cm³/mol. The number of rotatable bonds is 14. The van der Waals surface area contributed by atoms with Crippen molar-refractivity contribution in [1.29, 1.82) is 0 Å². The first kappa shape index (κ1) is 65.1. The zero-order chi connectivity index (χ0) is 61.5. The quantitative estimate of drug-likeness (QED) is 0.0581. The van der Waals surface area contributed by atoms with E-state index in [1.807, 2.05) is 6.92 Å². The van der Waals surface area contributed by atoms with E-state index in [0.717, 1.165) is 38.4 Å². The highest BCUT2D eigenvalue weighted by molar-refractivity contribution is 5.59. The van der Waals surface area contributed by atoms with Crippen molar-refractivity contribution in [3.05, 3.63) is 0 Å². The Kier molecular flexibility index (Phi) is 18.1. The molecular formula is C58H94O27. The first-order valence-corrected chi connectivity index (χ1v) is 30.6. The smallest absolute Gasteiger partial charge is 0.187 e. The number of carbonyl (C=O) groups is 1. The van der Waals surface area contributed by atoms with Crippen molar-refractivity contribution in [3.63, 3.8) is 0 Å². The van der Waals surface area contributed by atoms with E-state index in [9.17, 15) is 81.4 Å². The second-order valence-electron chi connectivity index (χ2n) is 28.6. The number of ether oxygens (including phenoxy) is 11. The van der Waals surface area contributed by atoms with Gasteiger partial charge in [-0.15, -0.1) is 0 Å². The van der Waals surface area contributed by atoms with Crippen LogP contribution in [0.15, 0.2) is 0 Å². The Hall–Kier alpha value is -1.37. The molecule has 0 aromatic carbocycles. The van der Waals surface area contributed by atoms with Crippen molar-refractivity contribution >= 4 is 6.29 Å². The molecule has 0 aromatic rings. The molecule has 27 heteroatoms. The largest absolute Gasteiger partial charge is 0.394 e. The van der Waals surface area contributed by atoms with Gasteiger partial charge in [0.1, 0.15) is 116 Å². The van der Waals surface area contributed by atoms with Gasteiger partial charge in [0, 0.05) is 16.2 Å². The van der Waals surface area contributed by atoms with E-state index in [-0.39, 0.29) is 28.6 Å². The third kappa shape index (κ3) is 10.2. The molecule has 488 valence electrons. The van der Waals surface area contributed by atoms with Gasteiger partial charge in [0.25, 0.3) is 0 Å². The molecule has 6 aliphatic heterocycles. The average Bonchev–Trinajstić information content (AvgIpc) is 1.63. The third-order valence-electron chi connectivity index (χ3n) is 24.1. The normalized spacial score (nSPS) is 57.6. The van der Waals surface area contributed by atoms with Crippen molar-refractivity contribution in [2.24, 2.45) is 50.2 Å². The van der Waals surface area contributed by atoms with Crippen molar-refractivity contribution < 1.29 is 133 Å². The minimum absolute atomic E-state index is 0.00296. The van der Waals surface area contributed by atoms with Gasteiger partial charge in [-0.25, -0.2) is 0 Å². The Morgan fingerprint density at radius 1 is 0.482 bits per heavy atom. The van der Waals surface area contributed by atoms with Gasteiger partial charge in [-0.2, -0.15) is 0 Å². The van der Waals surface area contributed by atoms with Crippen LogP contribution in [0.2, 0.25) is 0 Å². The summed E-state index contributed by atoms with van der Waals surface area (Å²) in [6.45, 7) is 10.1. The van der Waals surface area contributed by atoms with Gasteiger partial charge in [-0.1, -0.05) is 41.5 Å². The van der Waals surface area contributed by atoms with Crippen molar-refractivity contribution in [1.82, 2.24) is 0 Å². The lowest BCUT2D eigenvalue weighted by molar-refractivity contribution is -0.411. The van der Waals surface area contributed by atoms with E-state index in [1.54, 1.807) is 0 Å². The van der Waals surface area contributed by atoms with E-state index in [1.165, 1.54) is 0 Å². The molecule has 6 saturated heterocycles.